The van der Waals surface area contributed by atoms with E-state index in [1.807, 2.05) is 37.3 Å². The molecule has 0 radical (unpaired) electrons. The Labute approximate surface area is 176 Å². The lowest BCUT2D eigenvalue weighted by molar-refractivity contribution is 0.105. The van der Waals surface area contributed by atoms with Gasteiger partial charge in [-0.15, -0.1) is 11.3 Å². The van der Waals surface area contributed by atoms with E-state index in [2.05, 4.69) is 0 Å². The van der Waals surface area contributed by atoms with Crippen molar-refractivity contribution in [2.75, 3.05) is 0 Å². The Kier molecular flexibility index (Phi) is 5.21. The number of Topliss-reactive ketones (excluding diaryl/α,β-unsaturated/α-hetero) is 1. The monoisotopic (exact) mass is 414 g/mol. The van der Waals surface area contributed by atoms with E-state index < -0.39 is 5.78 Å². The van der Waals surface area contributed by atoms with Crippen molar-refractivity contribution < 1.29 is 9.21 Å². The number of nitrogens with zero attached hydrogens (tertiary/aromatic N) is 2. The van der Waals surface area contributed by atoms with Crippen molar-refractivity contribution in [3.05, 3.63) is 91.0 Å². The zero-order valence-corrected chi connectivity index (χ0v) is 17.3. The molecule has 0 bridgehead atoms. The fourth-order valence-electron chi connectivity index (χ4n) is 3.38. The maximum absolute atomic E-state index is 12.9. The summed E-state index contributed by atoms with van der Waals surface area (Å²) < 4.78 is 8.07. The van der Waals surface area contributed by atoms with E-state index in [4.69, 9.17) is 4.42 Å². The van der Waals surface area contributed by atoms with Crippen LogP contribution in [0.3, 0.4) is 0 Å². The number of aryl methyl sites for hydroxylation is 1. The van der Waals surface area contributed by atoms with Gasteiger partial charge in [0.05, 0.1) is 4.53 Å². The molecular weight excluding hydrogens is 396 g/mol. The molecule has 148 valence electrons. The molecular formula is C24H18N2O3S. The van der Waals surface area contributed by atoms with E-state index in [0.29, 0.717) is 21.2 Å². The van der Waals surface area contributed by atoms with E-state index in [0.717, 1.165) is 33.6 Å². The molecule has 4 rings (SSSR count). The van der Waals surface area contributed by atoms with E-state index >= 15 is 0 Å². The van der Waals surface area contributed by atoms with Gasteiger partial charge in [0.2, 0.25) is 5.78 Å². The Balaban J connectivity index is 1.98. The van der Waals surface area contributed by atoms with Crippen molar-refractivity contribution in [1.29, 1.82) is 5.26 Å². The van der Waals surface area contributed by atoms with Gasteiger partial charge < -0.3 is 8.98 Å². The van der Waals surface area contributed by atoms with Gasteiger partial charge in [0.1, 0.15) is 27.6 Å². The fraction of sp³-hybridized carbons (Fsp3) is 0.125. The van der Waals surface area contributed by atoms with E-state index in [1.54, 1.807) is 43.5 Å². The van der Waals surface area contributed by atoms with Crippen LogP contribution in [0.15, 0.2) is 63.8 Å². The second kappa shape index (κ2) is 7.97. The topological polar surface area (TPSA) is 76.0 Å². The Morgan fingerprint density at radius 3 is 2.57 bits per heavy atom. The Bertz CT molecular complexity index is 1480. The van der Waals surface area contributed by atoms with Crippen molar-refractivity contribution in [2.24, 2.45) is 7.05 Å². The number of thiazole rings is 1. The molecule has 0 aliphatic rings. The second-order valence-electron chi connectivity index (χ2n) is 6.75. The average molecular weight is 414 g/mol. The number of benzene rings is 2. The fourth-order valence-corrected chi connectivity index (χ4v) is 4.45. The van der Waals surface area contributed by atoms with Crippen molar-refractivity contribution in [3.63, 3.8) is 0 Å². The van der Waals surface area contributed by atoms with Gasteiger partial charge in [0, 0.05) is 30.0 Å². The molecule has 0 aliphatic carbocycles. The number of rotatable bonds is 4. The number of nitriles is 1. The largest absolute Gasteiger partial charge is 0.460 e. The highest BCUT2D eigenvalue weighted by atomic mass is 32.1. The van der Waals surface area contributed by atoms with Crippen LogP contribution in [0.25, 0.3) is 22.6 Å². The number of ketones is 1. The first kappa shape index (κ1) is 19.6. The van der Waals surface area contributed by atoms with E-state index in [-0.39, 0.29) is 11.1 Å². The zero-order valence-electron chi connectivity index (χ0n) is 16.5. The van der Waals surface area contributed by atoms with Crippen molar-refractivity contribution in [3.8, 4) is 6.07 Å². The van der Waals surface area contributed by atoms with E-state index in [1.165, 1.54) is 4.57 Å². The first-order chi connectivity index (χ1) is 14.5. The third-order valence-corrected chi connectivity index (χ3v) is 6.11. The summed E-state index contributed by atoms with van der Waals surface area (Å²) in [5, 5.41) is 10.6. The summed E-state index contributed by atoms with van der Waals surface area (Å²) in [7, 11) is 1.58. The molecule has 0 saturated carbocycles. The summed E-state index contributed by atoms with van der Waals surface area (Å²) in [4.78, 5) is 25.8. The smallest absolute Gasteiger partial charge is 0.268 e. The van der Waals surface area contributed by atoms with Crippen LogP contribution in [0.4, 0.5) is 0 Å². The molecule has 0 N–H and O–H groups in total. The SMILES string of the molecule is CCc1oc2ccccc2c1/C=c1\s/c(=C(/C#N)C(=O)c2ccccc2)n(C)c1=O. The molecule has 30 heavy (non-hydrogen) atoms. The van der Waals surface area contributed by atoms with Crippen molar-refractivity contribution in [2.45, 2.75) is 13.3 Å². The highest BCUT2D eigenvalue weighted by Crippen LogP contribution is 2.26. The summed E-state index contributed by atoms with van der Waals surface area (Å²) >= 11 is 1.14. The molecule has 0 spiro atoms. The minimum Gasteiger partial charge on any atom is -0.460 e. The number of carbonyl (C=O) groups excluding carboxylic acids is 1. The predicted molar refractivity (Wildman–Crippen MR) is 118 cm³/mol. The van der Waals surface area contributed by atoms with Crippen LogP contribution in [0.1, 0.15) is 28.6 Å². The second-order valence-corrected chi connectivity index (χ2v) is 7.78. The molecule has 0 atom stereocenters. The number of para-hydroxylation sites is 1. The highest BCUT2D eigenvalue weighted by Gasteiger charge is 2.17. The van der Waals surface area contributed by atoms with Gasteiger partial charge in [-0.3, -0.25) is 9.59 Å². The standard InChI is InChI=1S/C24H18N2O3S/c1-3-19-17(16-11-7-8-12-20(16)29-19)13-21-23(28)26(2)24(30-21)18(14-25)22(27)15-9-5-4-6-10-15/h4-13H,3H2,1-2H3/b21-13-,24-18-. The summed E-state index contributed by atoms with van der Waals surface area (Å²) in [6.45, 7) is 1.99. The maximum atomic E-state index is 12.9. The minimum absolute atomic E-state index is 0.0433. The molecule has 0 fully saturated rings. The summed E-state index contributed by atoms with van der Waals surface area (Å²) in [5.41, 5.74) is 1.73. The lowest BCUT2D eigenvalue weighted by Gasteiger charge is -1.98. The molecule has 0 saturated heterocycles. The number of aromatic nitrogens is 1. The van der Waals surface area contributed by atoms with Crippen LogP contribution in [0.2, 0.25) is 0 Å². The number of hydrogen-bond acceptors (Lipinski definition) is 5. The van der Waals surface area contributed by atoms with Crippen molar-refractivity contribution in [1.82, 2.24) is 4.57 Å². The van der Waals surface area contributed by atoms with Gasteiger partial charge >= 0.3 is 0 Å². The summed E-state index contributed by atoms with van der Waals surface area (Å²) in [6.07, 6.45) is 2.48. The maximum Gasteiger partial charge on any atom is 0.268 e. The Morgan fingerprint density at radius 1 is 1.17 bits per heavy atom. The van der Waals surface area contributed by atoms with E-state index in [9.17, 15) is 14.9 Å². The molecule has 0 aliphatic heterocycles. The summed E-state index contributed by atoms with van der Waals surface area (Å²) in [6, 6.07) is 18.3. The molecule has 6 heteroatoms. The van der Waals surface area contributed by atoms with Gasteiger partial charge in [-0.25, -0.2) is 0 Å². The van der Waals surface area contributed by atoms with Crippen molar-refractivity contribution >= 4 is 39.7 Å². The lowest BCUT2D eigenvalue weighted by Crippen LogP contribution is -2.30. The van der Waals surface area contributed by atoms with Crippen LogP contribution >= 0.6 is 11.3 Å². The average Bonchev–Trinajstić information content (AvgIpc) is 3.27. The zero-order chi connectivity index (χ0) is 21.3. The predicted octanol–water partition coefficient (Wildman–Crippen LogP) is 3.14. The van der Waals surface area contributed by atoms with Gasteiger partial charge in [-0.1, -0.05) is 55.5 Å². The van der Waals surface area contributed by atoms with Crippen LogP contribution in [-0.4, -0.2) is 10.4 Å². The Morgan fingerprint density at radius 2 is 1.87 bits per heavy atom. The molecule has 0 unspecified atom stereocenters. The number of furan rings is 1. The number of carbonyl (C=O) groups is 1. The first-order valence-electron chi connectivity index (χ1n) is 9.47. The van der Waals surface area contributed by atoms with Crippen LogP contribution in [0.5, 0.6) is 0 Å². The summed E-state index contributed by atoms with van der Waals surface area (Å²) in [5.74, 6) is 0.391. The van der Waals surface area contributed by atoms with Crippen LogP contribution < -0.4 is 14.8 Å². The first-order valence-corrected chi connectivity index (χ1v) is 10.3. The van der Waals surface area contributed by atoms with Crippen LogP contribution in [0, 0.1) is 11.3 Å². The molecule has 2 heterocycles. The van der Waals surface area contributed by atoms with Gasteiger partial charge in [-0.2, -0.15) is 5.26 Å². The van der Waals surface area contributed by atoms with Gasteiger partial charge in [0.15, 0.2) is 0 Å². The third kappa shape index (κ3) is 3.30. The van der Waals surface area contributed by atoms with Gasteiger partial charge in [0.25, 0.3) is 5.56 Å². The van der Waals surface area contributed by atoms with Crippen LogP contribution in [-0.2, 0) is 13.5 Å². The molecule has 2 aromatic carbocycles. The number of fused-ring (bicyclic) bond motifs is 1. The lowest BCUT2D eigenvalue weighted by atomic mass is 10.1. The Hall–Kier alpha value is -3.69. The third-order valence-electron chi connectivity index (χ3n) is 4.92. The van der Waals surface area contributed by atoms with Gasteiger partial charge in [-0.05, 0) is 12.1 Å². The normalized spacial score (nSPS) is 12.8. The number of hydrogen-bond donors (Lipinski definition) is 0. The molecule has 4 aromatic rings. The minimum atomic E-state index is -0.399. The highest BCUT2D eigenvalue weighted by molar-refractivity contribution is 7.07. The quantitative estimate of drug-likeness (QED) is 0.481. The molecule has 5 nitrogen and oxygen atoms in total. The molecule has 2 aromatic heterocycles. The molecule has 0 amide bonds.